The van der Waals surface area contributed by atoms with Gasteiger partial charge in [-0.05, 0) is 49.2 Å². The van der Waals surface area contributed by atoms with Crippen molar-refractivity contribution < 1.29 is 14.3 Å². The van der Waals surface area contributed by atoms with Crippen LogP contribution in [0.3, 0.4) is 0 Å². The lowest BCUT2D eigenvalue weighted by molar-refractivity contribution is 0.171. The summed E-state index contributed by atoms with van der Waals surface area (Å²) in [5.41, 5.74) is 4.25. The number of anilines is 2. The molecule has 2 aliphatic heterocycles. The minimum atomic E-state index is -0.0400. The molecule has 2 aromatic carbocycles. The van der Waals surface area contributed by atoms with Crippen molar-refractivity contribution in [3.63, 3.8) is 0 Å². The molecule has 2 aromatic rings. The van der Waals surface area contributed by atoms with E-state index >= 15 is 0 Å². The van der Waals surface area contributed by atoms with Gasteiger partial charge in [0, 0.05) is 43.6 Å². The third-order valence-corrected chi connectivity index (χ3v) is 4.93. The number of carbonyl (C=O) groups is 1. The van der Waals surface area contributed by atoms with Gasteiger partial charge in [0.2, 0.25) is 0 Å². The van der Waals surface area contributed by atoms with E-state index in [1.54, 1.807) is 0 Å². The van der Waals surface area contributed by atoms with E-state index in [0.717, 1.165) is 47.1 Å². The van der Waals surface area contributed by atoms with E-state index in [4.69, 9.17) is 9.47 Å². The Morgan fingerprint density at radius 1 is 0.889 bits per heavy atom. The van der Waals surface area contributed by atoms with Crippen molar-refractivity contribution in [2.24, 2.45) is 0 Å². The molecule has 0 unspecified atom stereocenters. The van der Waals surface area contributed by atoms with Crippen molar-refractivity contribution in [1.29, 1.82) is 0 Å². The normalized spacial score (nSPS) is 16.2. The first-order valence-corrected chi connectivity index (χ1v) is 9.37. The first-order valence-electron chi connectivity index (χ1n) is 9.37. The molecule has 0 radical (unpaired) electrons. The first kappa shape index (κ1) is 17.5. The maximum atomic E-state index is 12.6. The van der Waals surface area contributed by atoms with Crippen molar-refractivity contribution in [2.75, 3.05) is 49.6 Å². The SMILES string of the molecule is Cc1cc(C)cc(NC(=O)N2CCN(c3ccc4c(c3)OCCO4)CC2)c1. The Hall–Kier alpha value is -2.89. The predicted molar refractivity (Wildman–Crippen MR) is 106 cm³/mol. The molecule has 1 saturated heterocycles. The summed E-state index contributed by atoms with van der Waals surface area (Å²) < 4.78 is 11.3. The number of nitrogens with one attached hydrogen (secondary N) is 1. The number of amides is 2. The number of hydrogen-bond donors (Lipinski definition) is 1. The van der Waals surface area contributed by atoms with Gasteiger partial charge in [-0.2, -0.15) is 0 Å². The highest BCUT2D eigenvalue weighted by molar-refractivity contribution is 5.89. The monoisotopic (exact) mass is 367 g/mol. The smallest absolute Gasteiger partial charge is 0.321 e. The Labute approximate surface area is 159 Å². The number of rotatable bonds is 2. The maximum absolute atomic E-state index is 12.6. The molecule has 1 fully saturated rings. The zero-order chi connectivity index (χ0) is 18.8. The van der Waals surface area contributed by atoms with Crippen LogP contribution < -0.4 is 19.7 Å². The Morgan fingerprint density at radius 2 is 1.56 bits per heavy atom. The molecule has 0 atom stereocenters. The quantitative estimate of drug-likeness (QED) is 0.884. The molecule has 4 rings (SSSR count). The summed E-state index contributed by atoms with van der Waals surface area (Å²) >= 11 is 0. The van der Waals surface area contributed by atoms with Gasteiger partial charge in [0.1, 0.15) is 13.2 Å². The number of nitrogens with zero attached hydrogens (tertiary/aromatic N) is 2. The summed E-state index contributed by atoms with van der Waals surface area (Å²) in [6.45, 7) is 8.21. The van der Waals surface area contributed by atoms with Crippen molar-refractivity contribution in [2.45, 2.75) is 13.8 Å². The molecule has 0 bridgehead atoms. The molecular formula is C21H25N3O3. The highest BCUT2D eigenvalue weighted by Crippen LogP contribution is 2.34. The maximum Gasteiger partial charge on any atom is 0.321 e. The Bertz CT molecular complexity index is 824. The van der Waals surface area contributed by atoms with E-state index in [1.807, 2.05) is 43.0 Å². The highest BCUT2D eigenvalue weighted by atomic mass is 16.6. The summed E-state index contributed by atoms with van der Waals surface area (Å²) in [5.74, 6) is 1.60. The Morgan fingerprint density at radius 3 is 2.26 bits per heavy atom. The zero-order valence-corrected chi connectivity index (χ0v) is 15.8. The van der Waals surface area contributed by atoms with Gasteiger partial charge in [-0.15, -0.1) is 0 Å². The number of carbonyl (C=O) groups excluding carboxylic acids is 1. The summed E-state index contributed by atoms with van der Waals surface area (Å²) in [5, 5.41) is 3.02. The molecule has 0 spiro atoms. The fourth-order valence-corrected chi connectivity index (χ4v) is 3.65. The first-order chi connectivity index (χ1) is 13.1. The summed E-state index contributed by atoms with van der Waals surface area (Å²) in [6.07, 6.45) is 0. The van der Waals surface area contributed by atoms with Crippen molar-refractivity contribution in [3.8, 4) is 11.5 Å². The molecule has 0 saturated carbocycles. The molecule has 0 aliphatic carbocycles. The molecule has 1 N–H and O–H groups in total. The number of fused-ring (bicyclic) bond motifs is 1. The minimum Gasteiger partial charge on any atom is -0.486 e. The van der Waals surface area contributed by atoms with Gasteiger partial charge in [0.15, 0.2) is 11.5 Å². The summed E-state index contributed by atoms with van der Waals surface area (Å²) in [7, 11) is 0. The zero-order valence-electron chi connectivity index (χ0n) is 15.8. The fourth-order valence-electron chi connectivity index (χ4n) is 3.65. The van der Waals surface area contributed by atoms with Gasteiger partial charge < -0.3 is 24.6 Å². The third kappa shape index (κ3) is 3.94. The van der Waals surface area contributed by atoms with Crippen LogP contribution in [0.25, 0.3) is 0 Å². The van der Waals surface area contributed by atoms with E-state index in [0.29, 0.717) is 26.3 Å². The van der Waals surface area contributed by atoms with Gasteiger partial charge in [-0.25, -0.2) is 4.79 Å². The van der Waals surface area contributed by atoms with Crippen LogP contribution in [-0.2, 0) is 0 Å². The van der Waals surface area contributed by atoms with Crippen molar-refractivity contribution in [3.05, 3.63) is 47.5 Å². The van der Waals surface area contributed by atoms with Gasteiger partial charge >= 0.3 is 6.03 Å². The average Bonchev–Trinajstić information content (AvgIpc) is 2.67. The number of ether oxygens (including phenoxy) is 2. The van der Waals surface area contributed by atoms with Crippen LogP contribution in [-0.4, -0.2) is 50.3 Å². The van der Waals surface area contributed by atoms with E-state index in [9.17, 15) is 4.79 Å². The number of aryl methyl sites for hydroxylation is 2. The molecule has 142 valence electrons. The Balaban J connectivity index is 1.36. The summed E-state index contributed by atoms with van der Waals surface area (Å²) in [6, 6.07) is 12.1. The predicted octanol–water partition coefficient (Wildman–Crippen LogP) is 3.43. The van der Waals surface area contributed by atoms with Gasteiger partial charge in [0.25, 0.3) is 0 Å². The molecule has 6 heteroatoms. The number of hydrogen-bond acceptors (Lipinski definition) is 4. The van der Waals surface area contributed by atoms with E-state index in [-0.39, 0.29) is 6.03 Å². The van der Waals surface area contributed by atoms with Crippen LogP contribution >= 0.6 is 0 Å². The molecule has 6 nitrogen and oxygen atoms in total. The van der Waals surface area contributed by atoms with Crippen LogP contribution in [0.2, 0.25) is 0 Å². The van der Waals surface area contributed by atoms with E-state index < -0.39 is 0 Å². The second-order valence-corrected chi connectivity index (χ2v) is 7.11. The van der Waals surface area contributed by atoms with Gasteiger partial charge in [0.05, 0.1) is 0 Å². The Kier molecular flexibility index (Phi) is 4.79. The van der Waals surface area contributed by atoms with Gasteiger partial charge in [-0.3, -0.25) is 0 Å². The molecule has 2 aliphatic rings. The number of piperazine rings is 1. The number of urea groups is 1. The van der Waals surface area contributed by atoms with Crippen LogP contribution in [0.1, 0.15) is 11.1 Å². The second-order valence-electron chi connectivity index (χ2n) is 7.11. The standard InChI is InChI=1S/C21H25N3O3/c1-15-11-16(2)13-17(12-15)22-21(25)24-7-5-23(6-8-24)18-3-4-19-20(14-18)27-10-9-26-19/h3-4,11-14H,5-10H2,1-2H3,(H,22,25). The molecule has 2 amide bonds. The van der Waals surface area contributed by atoms with E-state index in [2.05, 4.69) is 22.3 Å². The molecule has 2 heterocycles. The fraction of sp³-hybridized carbons (Fsp3) is 0.381. The van der Waals surface area contributed by atoms with Crippen LogP contribution in [0.5, 0.6) is 11.5 Å². The third-order valence-electron chi connectivity index (χ3n) is 4.93. The molecular weight excluding hydrogens is 342 g/mol. The summed E-state index contributed by atoms with van der Waals surface area (Å²) in [4.78, 5) is 16.7. The molecule has 0 aromatic heterocycles. The average molecular weight is 367 g/mol. The lowest BCUT2D eigenvalue weighted by atomic mass is 10.1. The van der Waals surface area contributed by atoms with Crippen molar-refractivity contribution in [1.82, 2.24) is 4.90 Å². The van der Waals surface area contributed by atoms with Crippen molar-refractivity contribution >= 4 is 17.4 Å². The number of benzene rings is 2. The highest BCUT2D eigenvalue weighted by Gasteiger charge is 2.23. The van der Waals surface area contributed by atoms with Crippen LogP contribution in [0.4, 0.5) is 16.2 Å². The lowest BCUT2D eigenvalue weighted by Gasteiger charge is -2.36. The van der Waals surface area contributed by atoms with Crippen LogP contribution in [0.15, 0.2) is 36.4 Å². The molecule has 27 heavy (non-hydrogen) atoms. The lowest BCUT2D eigenvalue weighted by Crippen LogP contribution is -2.50. The van der Waals surface area contributed by atoms with Crippen LogP contribution in [0, 0.1) is 13.8 Å². The van der Waals surface area contributed by atoms with Gasteiger partial charge in [-0.1, -0.05) is 6.07 Å². The minimum absolute atomic E-state index is 0.0400. The topological polar surface area (TPSA) is 54.0 Å². The largest absolute Gasteiger partial charge is 0.486 e. The van der Waals surface area contributed by atoms with E-state index in [1.165, 1.54) is 0 Å². The second kappa shape index (κ2) is 7.39.